The highest BCUT2D eigenvalue weighted by atomic mass is 16.6. The molecule has 7 nitrogen and oxygen atoms in total. The maximum Gasteiger partial charge on any atom is 0.306 e. The molecule has 0 aliphatic heterocycles. The Morgan fingerprint density at radius 3 is 2.54 bits per heavy atom. The molecular weight excluding hydrogens is 448 g/mol. The molecule has 0 saturated heterocycles. The summed E-state index contributed by atoms with van der Waals surface area (Å²) in [6, 6.07) is 0. The third kappa shape index (κ3) is 3.64. The molecule has 35 heavy (non-hydrogen) atoms. The predicted octanol–water partition coefficient (Wildman–Crippen LogP) is 3.73. The molecule has 1 N–H and O–H groups in total. The van der Waals surface area contributed by atoms with E-state index in [0.29, 0.717) is 12.8 Å². The Bertz CT molecular complexity index is 1020. The van der Waals surface area contributed by atoms with Crippen molar-refractivity contribution in [2.24, 2.45) is 34.5 Å². The topological polar surface area (TPSA) is 107 Å². The molecule has 7 heteroatoms. The number of carbonyl (C=O) groups is 4. The number of allylic oxidation sites excluding steroid dienone is 4. The SMILES string of the molecule is CCC(=O)O[C@]1(C(=O)COC(C)=O)[C@H](C)C[C@H]2[C@@H]3CC(C)=C4CC(=O)C=C[C@]4(C)[C@H]3[C@@H](O)C[C@@]21C. The molecule has 0 aromatic carbocycles. The fourth-order valence-corrected chi connectivity index (χ4v) is 8.39. The highest BCUT2D eigenvalue weighted by Crippen LogP contribution is 2.69. The Kier molecular flexibility index (Phi) is 6.40. The number of hydrogen-bond donors (Lipinski definition) is 1. The van der Waals surface area contributed by atoms with Gasteiger partial charge in [-0.3, -0.25) is 19.2 Å². The standard InChI is InChI=1S/C28H38O7/c1-7-24(33)35-28(23(32)14-34-17(4)29)16(3)11-21-19-10-15(2)20-12-18(30)8-9-26(20,5)25(19)22(31)13-27(21,28)6/h8-9,16,19,21-22,25,31H,7,10-14H2,1-6H3/t16-,19+,21+,22+,25-,26+,27+,28+/m1/s1. The lowest BCUT2D eigenvalue weighted by molar-refractivity contribution is -0.205. The fraction of sp³-hybridized carbons (Fsp3) is 0.714. The summed E-state index contributed by atoms with van der Waals surface area (Å²) in [6.07, 6.45) is 5.04. The van der Waals surface area contributed by atoms with Gasteiger partial charge < -0.3 is 14.6 Å². The third-order valence-electron chi connectivity index (χ3n) is 9.74. The van der Waals surface area contributed by atoms with Gasteiger partial charge in [0.15, 0.2) is 18.0 Å². The summed E-state index contributed by atoms with van der Waals surface area (Å²) in [5.41, 5.74) is -0.460. The summed E-state index contributed by atoms with van der Waals surface area (Å²) in [7, 11) is 0. The zero-order valence-corrected chi connectivity index (χ0v) is 21.7. The van der Waals surface area contributed by atoms with Crippen molar-refractivity contribution < 1.29 is 33.8 Å². The van der Waals surface area contributed by atoms with Crippen LogP contribution >= 0.6 is 0 Å². The number of fused-ring (bicyclic) bond motifs is 5. The van der Waals surface area contributed by atoms with Gasteiger partial charge >= 0.3 is 11.9 Å². The quantitative estimate of drug-likeness (QED) is 0.466. The maximum atomic E-state index is 13.8. The average molecular weight is 487 g/mol. The van der Waals surface area contributed by atoms with E-state index in [4.69, 9.17) is 9.47 Å². The maximum absolute atomic E-state index is 13.8. The number of aliphatic hydroxyl groups is 1. The average Bonchev–Trinajstić information content (AvgIpc) is 3.00. The molecule has 2 saturated carbocycles. The summed E-state index contributed by atoms with van der Waals surface area (Å²) in [4.78, 5) is 50.1. The Morgan fingerprint density at radius 2 is 1.91 bits per heavy atom. The first-order chi connectivity index (χ1) is 16.3. The van der Waals surface area contributed by atoms with Crippen LogP contribution < -0.4 is 0 Å². The number of Topliss-reactive ketones (excluding diaryl/α,β-unsaturated/α-hetero) is 1. The van der Waals surface area contributed by atoms with Crippen LogP contribution in [0.3, 0.4) is 0 Å². The summed E-state index contributed by atoms with van der Waals surface area (Å²) >= 11 is 0. The minimum absolute atomic E-state index is 0.0104. The van der Waals surface area contributed by atoms with Crippen LogP contribution in [-0.4, -0.2) is 46.9 Å². The van der Waals surface area contributed by atoms with E-state index < -0.39 is 46.9 Å². The fourth-order valence-electron chi connectivity index (χ4n) is 8.39. The largest absolute Gasteiger partial charge is 0.458 e. The van der Waals surface area contributed by atoms with Gasteiger partial charge in [0.1, 0.15) is 0 Å². The van der Waals surface area contributed by atoms with Crippen LogP contribution in [-0.2, 0) is 28.7 Å². The number of ketones is 2. The number of hydrogen-bond acceptors (Lipinski definition) is 7. The second-order valence-electron chi connectivity index (χ2n) is 11.6. The van der Waals surface area contributed by atoms with Gasteiger partial charge in [-0.1, -0.05) is 44.9 Å². The molecule has 0 heterocycles. The lowest BCUT2D eigenvalue weighted by atomic mass is 9.46. The highest BCUT2D eigenvalue weighted by Gasteiger charge is 2.73. The van der Waals surface area contributed by atoms with Crippen LogP contribution in [0.5, 0.6) is 0 Å². The van der Waals surface area contributed by atoms with Gasteiger partial charge in [-0.25, -0.2) is 0 Å². The van der Waals surface area contributed by atoms with Gasteiger partial charge in [0.2, 0.25) is 5.78 Å². The third-order valence-corrected chi connectivity index (χ3v) is 9.74. The molecule has 0 unspecified atom stereocenters. The van der Waals surface area contributed by atoms with Gasteiger partial charge in [-0.2, -0.15) is 0 Å². The van der Waals surface area contributed by atoms with E-state index in [-0.39, 0.29) is 42.3 Å². The van der Waals surface area contributed by atoms with Gasteiger partial charge in [0.05, 0.1) is 6.10 Å². The number of carbonyl (C=O) groups excluding carboxylic acids is 4. The number of ether oxygens (including phenoxy) is 2. The minimum atomic E-state index is -1.48. The van der Waals surface area contributed by atoms with Crippen LogP contribution in [0.15, 0.2) is 23.3 Å². The van der Waals surface area contributed by atoms with Crippen molar-refractivity contribution in [3.8, 4) is 0 Å². The number of aliphatic hydroxyl groups excluding tert-OH is 1. The molecule has 4 aliphatic rings. The lowest BCUT2D eigenvalue weighted by Gasteiger charge is -2.60. The summed E-state index contributed by atoms with van der Waals surface area (Å²) < 4.78 is 11.2. The second kappa shape index (κ2) is 8.68. The Balaban J connectivity index is 1.81. The highest BCUT2D eigenvalue weighted by molar-refractivity contribution is 5.94. The molecule has 8 atom stereocenters. The zero-order chi connectivity index (χ0) is 25.9. The van der Waals surface area contributed by atoms with E-state index in [2.05, 4.69) is 13.8 Å². The van der Waals surface area contributed by atoms with Crippen LogP contribution in [0, 0.1) is 34.5 Å². The molecule has 0 amide bonds. The molecule has 4 aliphatic carbocycles. The summed E-state index contributed by atoms with van der Waals surface area (Å²) in [6.45, 7) is 10.5. The van der Waals surface area contributed by atoms with Crippen LogP contribution in [0.2, 0.25) is 0 Å². The molecule has 0 aromatic heterocycles. The molecule has 0 bridgehead atoms. The van der Waals surface area contributed by atoms with Crippen molar-refractivity contribution in [3.05, 3.63) is 23.3 Å². The number of esters is 2. The van der Waals surface area contributed by atoms with Gasteiger partial charge in [-0.15, -0.1) is 0 Å². The molecule has 4 rings (SSSR count). The van der Waals surface area contributed by atoms with E-state index in [9.17, 15) is 24.3 Å². The van der Waals surface area contributed by atoms with Crippen molar-refractivity contribution in [1.82, 2.24) is 0 Å². The molecule has 0 aromatic rings. The minimum Gasteiger partial charge on any atom is -0.458 e. The van der Waals surface area contributed by atoms with E-state index in [1.165, 1.54) is 12.5 Å². The summed E-state index contributed by atoms with van der Waals surface area (Å²) in [5.74, 6) is -1.72. The van der Waals surface area contributed by atoms with Crippen molar-refractivity contribution in [3.63, 3.8) is 0 Å². The smallest absolute Gasteiger partial charge is 0.306 e. The van der Waals surface area contributed by atoms with Gasteiger partial charge in [0.25, 0.3) is 0 Å². The first kappa shape index (κ1) is 25.8. The molecule has 0 radical (unpaired) electrons. The Labute approximate surface area is 207 Å². The number of rotatable bonds is 5. The van der Waals surface area contributed by atoms with E-state index in [1.807, 2.05) is 19.9 Å². The Hall–Kier alpha value is -2.28. The van der Waals surface area contributed by atoms with E-state index >= 15 is 0 Å². The first-order valence-electron chi connectivity index (χ1n) is 12.8. The van der Waals surface area contributed by atoms with Crippen LogP contribution in [0.4, 0.5) is 0 Å². The zero-order valence-electron chi connectivity index (χ0n) is 21.7. The Morgan fingerprint density at radius 1 is 1.23 bits per heavy atom. The van der Waals surface area contributed by atoms with Crippen molar-refractivity contribution >= 4 is 23.5 Å². The van der Waals surface area contributed by atoms with E-state index in [0.717, 1.165) is 12.0 Å². The van der Waals surface area contributed by atoms with Gasteiger partial charge in [-0.05, 0) is 44.1 Å². The monoisotopic (exact) mass is 486 g/mol. The predicted molar refractivity (Wildman–Crippen MR) is 128 cm³/mol. The van der Waals surface area contributed by atoms with Crippen LogP contribution in [0.1, 0.15) is 73.6 Å². The van der Waals surface area contributed by atoms with E-state index in [1.54, 1.807) is 13.0 Å². The lowest BCUT2D eigenvalue weighted by Crippen LogP contribution is -2.64. The normalized spacial score (nSPS) is 42.1. The molecule has 0 spiro atoms. The molecule has 192 valence electrons. The first-order valence-corrected chi connectivity index (χ1v) is 12.8. The van der Waals surface area contributed by atoms with Crippen molar-refractivity contribution in [1.29, 1.82) is 0 Å². The molecule has 2 fully saturated rings. The van der Waals surface area contributed by atoms with Crippen molar-refractivity contribution in [2.45, 2.75) is 85.4 Å². The van der Waals surface area contributed by atoms with Gasteiger partial charge in [0, 0.05) is 42.4 Å². The van der Waals surface area contributed by atoms with Crippen molar-refractivity contribution in [2.75, 3.05) is 6.61 Å². The second-order valence-corrected chi connectivity index (χ2v) is 11.6. The molecular formula is C28H38O7. The summed E-state index contributed by atoms with van der Waals surface area (Å²) in [5, 5.41) is 11.7. The van der Waals surface area contributed by atoms with Crippen LogP contribution in [0.25, 0.3) is 0 Å².